The van der Waals surface area contributed by atoms with Gasteiger partial charge in [-0.3, -0.25) is 4.68 Å². The predicted octanol–water partition coefficient (Wildman–Crippen LogP) is 3.56. The van der Waals surface area contributed by atoms with E-state index in [0.29, 0.717) is 16.4 Å². The second kappa shape index (κ2) is 5.48. The van der Waals surface area contributed by atoms with Gasteiger partial charge in [0.1, 0.15) is 17.5 Å². The molecule has 2 aromatic rings. The molecule has 1 aromatic heterocycles. The Balaban J connectivity index is 2.17. The van der Waals surface area contributed by atoms with Crippen molar-refractivity contribution in [1.29, 1.82) is 0 Å². The van der Waals surface area contributed by atoms with E-state index in [1.165, 1.54) is 10.7 Å². The summed E-state index contributed by atoms with van der Waals surface area (Å²) in [5.41, 5.74) is 6.04. The lowest BCUT2D eigenvalue weighted by Crippen LogP contribution is -2.07. The molecule has 2 rings (SSSR count). The van der Waals surface area contributed by atoms with E-state index >= 15 is 0 Å². The predicted molar refractivity (Wildman–Crippen MR) is 73.1 cm³/mol. The first-order valence-electron chi connectivity index (χ1n) is 5.97. The zero-order valence-corrected chi connectivity index (χ0v) is 12.1. The molecule has 8 heteroatoms. The van der Waals surface area contributed by atoms with Gasteiger partial charge in [-0.1, -0.05) is 11.6 Å². The van der Waals surface area contributed by atoms with Crippen LogP contribution >= 0.6 is 11.6 Å². The van der Waals surface area contributed by atoms with Crippen LogP contribution in [0.1, 0.15) is 16.8 Å². The molecule has 114 valence electrons. The molecule has 1 heterocycles. The number of nitrogens with two attached hydrogens (primary N) is 1. The van der Waals surface area contributed by atoms with Gasteiger partial charge in [-0.15, -0.1) is 0 Å². The number of hydrogen-bond donors (Lipinski definition) is 1. The van der Waals surface area contributed by atoms with Gasteiger partial charge >= 0.3 is 6.18 Å². The molecule has 4 nitrogen and oxygen atoms in total. The lowest BCUT2D eigenvalue weighted by Gasteiger charge is -2.12. The summed E-state index contributed by atoms with van der Waals surface area (Å²) in [7, 11) is 1.69. The molecule has 1 aromatic carbocycles. The van der Waals surface area contributed by atoms with Crippen LogP contribution in [0, 0.1) is 6.92 Å². The zero-order valence-electron chi connectivity index (χ0n) is 11.3. The van der Waals surface area contributed by atoms with Crippen molar-refractivity contribution in [3.63, 3.8) is 0 Å². The number of rotatable bonds is 3. The number of alkyl halides is 3. The summed E-state index contributed by atoms with van der Waals surface area (Å²) >= 11 is 6.05. The Morgan fingerprint density at radius 1 is 1.38 bits per heavy atom. The monoisotopic (exact) mass is 319 g/mol. The van der Waals surface area contributed by atoms with E-state index in [4.69, 9.17) is 22.1 Å². The molecule has 0 spiro atoms. The van der Waals surface area contributed by atoms with Gasteiger partial charge in [0.15, 0.2) is 0 Å². The van der Waals surface area contributed by atoms with Crippen molar-refractivity contribution < 1.29 is 17.9 Å². The van der Waals surface area contributed by atoms with Crippen LogP contribution in [-0.4, -0.2) is 9.78 Å². The first kappa shape index (κ1) is 15.5. The summed E-state index contributed by atoms with van der Waals surface area (Å²) in [5, 5.41) is 4.53. The topological polar surface area (TPSA) is 53.1 Å². The van der Waals surface area contributed by atoms with Crippen molar-refractivity contribution >= 4 is 17.3 Å². The molecule has 0 aliphatic rings. The molecule has 0 saturated heterocycles. The maximum Gasteiger partial charge on any atom is 0.416 e. The lowest BCUT2D eigenvalue weighted by atomic mass is 10.2. The third kappa shape index (κ3) is 3.24. The van der Waals surface area contributed by atoms with Gasteiger partial charge in [-0.25, -0.2) is 0 Å². The van der Waals surface area contributed by atoms with E-state index in [9.17, 15) is 13.2 Å². The summed E-state index contributed by atoms with van der Waals surface area (Å²) in [4.78, 5) is 0. The molecule has 2 N–H and O–H groups in total. The van der Waals surface area contributed by atoms with Crippen LogP contribution in [0.2, 0.25) is 5.15 Å². The van der Waals surface area contributed by atoms with Crippen LogP contribution in [0.15, 0.2) is 18.2 Å². The lowest BCUT2D eigenvalue weighted by molar-refractivity contribution is -0.137. The fraction of sp³-hybridized carbons (Fsp3) is 0.308. The van der Waals surface area contributed by atoms with E-state index < -0.39 is 11.7 Å². The SMILES string of the molecule is Cc1nn(C)c(Cl)c1COc1ccc(C(F)(F)F)cc1N. The molecule has 0 bridgehead atoms. The van der Waals surface area contributed by atoms with Crippen molar-refractivity contribution in [2.45, 2.75) is 19.7 Å². The van der Waals surface area contributed by atoms with Crippen LogP contribution in [0.5, 0.6) is 5.75 Å². The number of ether oxygens (including phenoxy) is 1. The Labute approximate surface area is 124 Å². The Bertz CT molecular complexity index is 667. The third-order valence-corrected chi connectivity index (χ3v) is 3.45. The van der Waals surface area contributed by atoms with E-state index in [1.807, 2.05) is 0 Å². The second-order valence-electron chi connectivity index (χ2n) is 4.52. The van der Waals surface area contributed by atoms with Gasteiger partial charge in [-0.2, -0.15) is 18.3 Å². The van der Waals surface area contributed by atoms with Gasteiger partial charge in [0.25, 0.3) is 0 Å². The number of aromatic nitrogens is 2. The van der Waals surface area contributed by atoms with Crippen LogP contribution in [-0.2, 0) is 19.8 Å². The number of nitrogen functional groups attached to an aromatic ring is 1. The fourth-order valence-electron chi connectivity index (χ4n) is 1.84. The molecule has 0 amide bonds. The van der Waals surface area contributed by atoms with Crippen molar-refractivity contribution in [1.82, 2.24) is 9.78 Å². The van der Waals surface area contributed by atoms with Gasteiger partial charge in [0, 0.05) is 12.6 Å². The summed E-state index contributed by atoms with van der Waals surface area (Å²) < 4.78 is 44.5. The van der Waals surface area contributed by atoms with E-state index in [0.717, 1.165) is 12.1 Å². The van der Waals surface area contributed by atoms with Crippen molar-refractivity contribution in [2.24, 2.45) is 7.05 Å². The third-order valence-electron chi connectivity index (χ3n) is 2.98. The Morgan fingerprint density at radius 3 is 2.52 bits per heavy atom. The number of anilines is 1. The molecule has 0 unspecified atom stereocenters. The molecule has 0 atom stereocenters. The first-order valence-corrected chi connectivity index (χ1v) is 6.35. The second-order valence-corrected chi connectivity index (χ2v) is 4.88. The molecule has 0 saturated carbocycles. The summed E-state index contributed by atoms with van der Waals surface area (Å²) in [6, 6.07) is 2.95. The minimum atomic E-state index is -4.43. The summed E-state index contributed by atoms with van der Waals surface area (Å²) in [5.74, 6) is 0.169. The van der Waals surface area contributed by atoms with Crippen LogP contribution < -0.4 is 10.5 Å². The maximum atomic E-state index is 12.5. The van der Waals surface area contributed by atoms with Crippen LogP contribution in [0.25, 0.3) is 0 Å². The average Bonchev–Trinajstić information content (AvgIpc) is 2.61. The van der Waals surface area contributed by atoms with Gasteiger partial charge < -0.3 is 10.5 Å². The Kier molecular flexibility index (Phi) is 4.04. The number of benzene rings is 1. The van der Waals surface area contributed by atoms with Crippen molar-refractivity contribution in [3.05, 3.63) is 40.2 Å². The largest absolute Gasteiger partial charge is 0.487 e. The van der Waals surface area contributed by atoms with Crippen molar-refractivity contribution in [2.75, 3.05) is 5.73 Å². The molecule has 0 aliphatic carbocycles. The van der Waals surface area contributed by atoms with Crippen molar-refractivity contribution in [3.8, 4) is 5.75 Å². The Hall–Kier alpha value is -1.89. The van der Waals surface area contributed by atoms with Crippen LogP contribution in [0.3, 0.4) is 0 Å². The standard InChI is InChI=1S/C13H13ClF3N3O/c1-7-9(12(14)20(2)19-7)6-21-11-4-3-8(5-10(11)18)13(15,16)17/h3-5H,6,18H2,1-2H3. The van der Waals surface area contributed by atoms with E-state index in [2.05, 4.69) is 5.10 Å². The van der Waals surface area contributed by atoms with Crippen LogP contribution in [0.4, 0.5) is 18.9 Å². The Morgan fingerprint density at radius 2 is 2.05 bits per heavy atom. The van der Waals surface area contributed by atoms with Gasteiger partial charge in [0.2, 0.25) is 0 Å². The number of nitrogens with zero attached hydrogens (tertiary/aromatic N) is 2. The summed E-state index contributed by atoms with van der Waals surface area (Å²) in [6.45, 7) is 1.84. The first-order chi connectivity index (χ1) is 9.70. The average molecular weight is 320 g/mol. The van der Waals surface area contributed by atoms with E-state index in [1.54, 1.807) is 14.0 Å². The quantitative estimate of drug-likeness (QED) is 0.880. The summed E-state index contributed by atoms with van der Waals surface area (Å²) in [6.07, 6.45) is -4.43. The minimum absolute atomic E-state index is 0.0775. The van der Waals surface area contributed by atoms with Gasteiger partial charge in [0.05, 0.1) is 16.9 Å². The normalized spacial score (nSPS) is 11.7. The zero-order chi connectivity index (χ0) is 15.8. The maximum absolute atomic E-state index is 12.5. The number of aryl methyl sites for hydroxylation is 2. The van der Waals surface area contributed by atoms with Gasteiger partial charge in [-0.05, 0) is 25.1 Å². The molecular formula is C13H13ClF3N3O. The highest BCUT2D eigenvalue weighted by Crippen LogP contribution is 2.34. The van der Waals surface area contributed by atoms with E-state index in [-0.39, 0.29) is 18.0 Å². The molecule has 0 aliphatic heterocycles. The highest BCUT2D eigenvalue weighted by Gasteiger charge is 2.31. The fourth-order valence-corrected chi connectivity index (χ4v) is 2.07. The smallest absolute Gasteiger partial charge is 0.416 e. The highest BCUT2D eigenvalue weighted by atomic mass is 35.5. The number of halogens is 4. The molecule has 21 heavy (non-hydrogen) atoms. The number of hydrogen-bond acceptors (Lipinski definition) is 3. The molecule has 0 fully saturated rings. The molecule has 0 radical (unpaired) electrons. The minimum Gasteiger partial charge on any atom is -0.487 e. The molecular weight excluding hydrogens is 307 g/mol. The highest BCUT2D eigenvalue weighted by molar-refractivity contribution is 6.30.